The van der Waals surface area contributed by atoms with Crippen LogP contribution in [-0.2, 0) is 11.5 Å². The maximum absolute atomic E-state index is 4.83. The quantitative estimate of drug-likeness (QED) is 0.244. The number of pyridine rings is 2. The molecule has 0 radical (unpaired) electrons. The Balaban J connectivity index is 1.27. The zero-order chi connectivity index (χ0) is 21.9. The van der Waals surface area contributed by atoms with Crippen molar-refractivity contribution >= 4 is 45.3 Å². The van der Waals surface area contributed by atoms with Crippen molar-refractivity contribution in [1.82, 2.24) is 9.97 Å². The molecule has 0 saturated heterocycles. The molecule has 4 heteroatoms. The molecule has 0 saturated carbocycles. The summed E-state index contributed by atoms with van der Waals surface area (Å²) in [7, 11) is 0. The second-order valence-electron chi connectivity index (χ2n) is 7.99. The first-order valence-electron chi connectivity index (χ1n) is 10.7. The Morgan fingerprint density at radius 2 is 1.03 bits per heavy atom. The van der Waals surface area contributed by atoms with Gasteiger partial charge in [-0.15, -0.1) is 23.5 Å². The van der Waals surface area contributed by atoms with E-state index in [2.05, 4.69) is 98.8 Å². The average molecular weight is 453 g/mol. The maximum atomic E-state index is 4.83. The van der Waals surface area contributed by atoms with Crippen LogP contribution in [0.25, 0.3) is 21.8 Å². The van der Waals surface area contributed by atoms with E-state index < -0.39 is 0 Å². The van der Waals surface area contributed by atoms with Crippen molar-refractivity contribution in [3.05, 3.63) is 107 Å². The van der Waals surface area contributed by atoms with Gasteiger partial charge in [0.15, 0.2) is 0 Å². The monoisotopic (exact) mass is 452 g/mol. The van der Waals surface area contributed by atoms with E-state index >= 15 is 0 Å². The highest BCUT2D eigenvalue weighted by Crippen LogP contribution is 2.29. The van der Waals surface area contributed by atoms with Crippen molar-refractivity contribution in [2.24, 2.45) is 0 Å². The molecule has 2 aromatic heterocycles. The van der Waals surface area contributed by atoms with Crippen LogP contribution in [0.5, 0.6) is 0 Å². The van der Waals surface area contributed by atoms with Crippen LogP contribution in [-0.4, -0.2) is 9.97 Å². The Morgan fingerprint density at radius 3 is 1.53 bits per heavy atom. The van der Waals surface area contributed by atoms with E-state index in [1.54, 1.807) is 23.5 Å². The Kier molecular flexibility index (Phi) is 6.15. The lowest BCUT2D eigenvalue weighted by Crippen LogP contribution is -1.90. The Bertz CT molecular complexity index is 1310. The number of fused-ring (bicyclic) bond motifs is 2. The van der Waals surface area contributed by atoms with Crippen molar-refractivity contribution in [2.75, 3.05) is 0 Å². The van der Waals surface area contributed by atoms with Crippen molar-refractivity contribution in [3.8, 4) is 0 Å². The van der Waals surface area contributed by atoms with Crippen LogP contribution in [0.3, 0.4) is 0 Å². The lowest BCUT2D eigenvalue weighted by Gasteiger charge is -2.08. The van der Waals surface area contributed by atoms with Crippen molar-refractivity contribution in [2.45, 2.75) is 35.4 Å². The number of nitrogens with zero attached hydrogens (tertiary/aromatic N) is 2. The van der Waals surface area contributed by atoms with Gasteiger partial charge >= 0.3 is 0 Å². The summed E-state index contributed by atoms with van der Waals surface area (Å²) in [6.07, 6.45) is 0. The molecule has 5 rings (SSSR count). The zero-order valence-electron chi connectivity index (χ0n) is 18.2. The number of aryl methyl sites for hydroxylation is 2. The molecule has 0 N–H and O–H groups in total. The first-order valence-corrected chi connectivity index (χ1v) is 12.7. The molecule has 0 aliphatic carbocycles. The van der Waals surface area contributed by atoms with Gasteiger partial charge in [-0.3, -0.25) is 0 Å². The molecule has 0 amide bonds. The van der Waals surface area contributed by atoms with Gasteiger partial charge < -0.3 is 0 Å². The molecule has 0 fully saturated rings. The van der Waals surface area contributed by atoms with Crippen LogP contribution >= 0.6 is 23.5 Å². The Morgan fingerprint density at radius 1 is 0.562 bits per heavy atom. The third-order valence-corrected chi connectivity index (χ3v) is 7.53. The molecule has 0 bridgehead atoms. The number of aromatic nitrogens is 2. The number of thioether (sulfide) groups is 2. The lowest BCUT2D eigenvalue weighted by atomic mass is 10.1. The van der Waals surface area contributed by atoms with E-state index in [0.29, 0.717) is 0 Å². The largest absolute Gasteiger partial charge is 0.241 e. The summed E-state index contributed by atoms with van der Waals surface area (Å²) < 4.78 is 0. The molecule has 3 aromatic carbocycles. The fraction of sp³-hybridized carbons (Fsp3) is 0.143. The van der Waals surface area contributed by atoms with Gasteiger partial charge in [0.05, 0.1) is 21.1 Å². The first-order chi connectivity index (χ1) is 15.7. The number of para-hydroxylation sites is 2. The van der Waals surface area contributed by atoms with Crippen LogP contribution < -0.4 is 0 Å². The van der Waals surface area contributed by atoms with Gasteiger partial charge in [0, 0.05) is 22.3 Å². The minimum Gasteiger partial charge on any atom is -0.241 e. The van der Waals surface area contributed by atoms with E-state index in [9.17, 15) is 0 Å². The summed E-state index contributed by atoms with van der Waals surface area (Å²) in [5, 5.41) is 4.62. The van der Waals surface area contributed by atoms with Crippen molar-refractivity contribution in [1.29, 1.82) is 0 Å². The van der Waals surface area contributed by atoms with Gasteiger partial charge in [-0.25, -0.2) is 9.97 Å². The Labute approximate surface area is 197 Å². The number of hydrogen-bond acceptors (Lipinski definition) is 4. The minimum absolute atomic E-state index is 0.913. The van der Waals surface area contributed by atoms with E-state index in [1.165, 1.54) is 33.0 Å². The smallest absolute Gasteiger partial charge is 0.0973 e. The van der Waals surface area contributed by atoms with Crippen LogP contribution in [0.1, 0.15) is 22.3 Å². The van der Waals surface area contributed by atoms with E-state index in [4.69, 9.17) is 9.97 Å². The molecule has 5 aromatic rings. The summed E-state index contributed by atoms with van der Waals surface area (Å²) in [6.45, 7) is 4.32. The van der Waals surface area contributed by atoms with Crippen LogP contribution in [0.15, 0.2) is 95.0 Å². The maximum Gasteiger partial charge on any atom is 0.0973 e. The van der Waals surface area contributed by atoms with Gasteiger partial charge in [-0.2, -0.15) is 0 Å². The van der Waals surface area contributed by atoms with Gasteiger partial charge in [0.1, 0.15) is 0 Å². The summed E-state index contributed by atoms with van der Waals surface area (Å²) in [5.41, 5.74) is 7.34. The third kappa shape index (κ3) is 4.67. The van der Waals surface area contributed by atoms with Crippen LogP contribution in [0.2, 0.25) is 0 Å². The fourth-order valence-corrected chi connectivity index (χ4v) is 5.74. The van der Waals surface area contributed by atoms with Crippen LogP contribution in [0, 0.1) is 13.8 Å². The normalized spacial score (nSPS) is 11.3. The molecular formula is C28H24N2S2. The van der Waals surface area contributed by atoms with Gasteiger partial charge in [0.2, 0.25) is 0 Å². The standard InChI is InChI=1S/C28H24N2S2/c1-19-14-27(29-25-12-5-3-10-23(19)25)31-17-21-8-7-9-22(16-21)18-32-28-15-20(2)24-11-4-6-13-26(24)30-28/h3-16H,17-18H2,1-2H3. The highest BCUT2D eigenvalue weighted by molar-refractivity contribution is 7.98. The first kappa shape index (κ1) is 21.0. The molecule has 0 spiro atoms. The number of rotatable bonds is 6. The van der Waals surface area contributed by atoms with Crippen LogP contribution in [0.4, 0.5) is 0 Å². The summed E-state index contributed by atoms with van der Waals surface area (Å²) in [4.78, 5) is 9.67. The molecule has 0 aliphatic heterocycles. The van der Waals surface area contributed by atoms with Gasteiger partial charge in [0.25, 0.3) is 0 Å². The highest BCUT2D eigenvalue weighted by Gasteiger charge is 2.06. The summed E-state index contributed by atoms with van der Waals surface area (Å²) in [5.74, 6) is 1.83. The summed E-state index contributed by atoms with van der Waals surface area (Å²) >= 11 is 3.60. The van der Waals surface area contributed by atoms with Gasteiger partial charge in [-0.05, 0) is 60.4 Å². The summed E-state index contributed by atoms with van der Waals surface area (Å²) in [6, 6.07) is 30.0. The zero-order valence-corrected chi connectivity index (χ0v) is 19.8. The molecule has 2 heterocycles. The minimum atomic E-state index is 0.913. The molecule has 158 valence electrons. The second kappa shape index (κ2) is 9.35. The predicted octanol–water partition coefficient (Wildman–Crippen LogP) is 7.98. The van der Waals surface area contributed by atoms with Gasteiger partial charge in [-0.1, -0.05) is 60.7 Å². The van der Waals surface area contributed by atoms with Crippen molar-refractivity contribution in [3.63, 3.8) is 0 Å². The molecule has 0 aliphatic rings. The highest BCUT2D eigenvalue weighted by atomic mass is 32.2. The third-order valence-electron chi connectivity index (χ3n) is 5.56. The van der Waals surface area contributed by atoms with E-state index in [0.717, 1.165) is 32.6 Å². The van der Waals surface area contributed by atoms with E-state index in [-0.39, 0.29) is 0 Å². The number of benzene rings is 3. The molecular weight excluding hydrogens is 428 g/mol. The molecule has 2 nitrogen and oxygen atoms in total. The molecule has 32 heavy (non-hydrogen) atoms. The second-order valence-corrected chi connectivity index (χ2v) is 9.98. The topological polar surface area (TPSA) is 25.8 Å². The predicted molar refractivity (Wildman–Crippen MR) is 139 cm³/mol. The van der Waals surface area contributed by atoms with E-state index in [1.807, 2.05) is 0 Å². The number of hydrogen-bond donors (Lipinski definition) is 0. The fourth-order valence-electron chi connectivity index (χ4n) is 3.91. The average Bonchev–Trinajstić information content (AvgIpc) is 2.82. The lowest BCUT2D eigenvalue weighted by molar-refractivity contribution is 1.16. The molecule has 0 atom stereocenters. The molecule has 0 unspecified atom stereocenters. The SMILES string of the molecule is Cc1cc(SCc2cccc(CSc3cc(C)c4ccccc4n3)c2)nc2ccccc12. The van der Waals surface area contributed by atoms with Crippen molar-refractivity contribution < 1.29 is 0 Å². The Hall–Kier alpha value is -2.82.